The van der Waals surface area contributed by atoms with Gasteiger partial charge in [-0.2, -0.15) is 0 Å². The molecule has 0 saturated carbocycles. The van der Waals surface area contributed by atoms with E-state index >= 15 is 0 Å². The lowest BCUT2D eigenvalue weighted by Gasteiger charge is -2.15. The lowest BCUT2D eigenvalue weighted by molar-refractivity contribution is 0.325. The summed E-state index contributed by atoms with van der Waals surface area (Å²) in [6, 6.07) is 7.93. The summed E-state index contributed by atoms with van der Waals surface area (Å²) in [6.45, 7) is 4.76. The van der Waals surface area contributed by atoms with Gasteiger partial charge < -0.3 is 15.2 Å². The molecule has 0 amide bonds. The number of anilines is 1. The van der Waals surface area contributed by atoms with Crippen molar-refractivity contribution in [3.8, 4) is 11.4 Å². The summed E-state index contributed by atoms with van der Waals surface area (Å²) in [5.41, 5.74) is 7.66. The van der Waals surface area contributed by atoms with Gasteiger partial charge in [-0.25, -0.2) is 4.98 Å². The molecule has 4 heteroatoms. The van der Waals surface area contributed by atoms with Gasteiger partial charge in [0, 0.05) is 30.2 Å². The maximum Gasteiger partial charge on any atom is 0.139 e. The molecule has 1 aliphatic rings. The minimum Gasteiger partial charge on any atom is -0.399 e. The van der Waals surface area contributed by atoms with E-state index in [0.29, 0.717) is 0 Å². The number of likely N-dealkylation sites (tertiary alicyclic amines) is 1. The summed E-state index contributed by atoms with van der Waals surface area (Å²) in [6.07, 6.45) is 7.85. The van der Waals surface area contributed by atoms with Crippen molar-refractivity contribution in [1.29, 1.82) is 0 Å². The topological polar surface area (TPSA) is 47.1 Å². The Balaban J connectivity index is 1.62. The van der Waals surface area contributed by atoms with Crippen molar-refractivity contribution in [2.24, 2.45) is 0 Å². The third-order valence-electron chi connectivity index (χ3n) is 3.96. The predicted octanol–water partition coefficient (Wildman–Crippen LogP) is 2.62. The van der Waals surface area contributed by atoms with Crippen LogP contribution in [0, 0.1) is 0 Å². The number of nitrogens with two attached hydrogens (primary N) is 1. The molecule has 1 fully saturated rings. The second-order valence-corrected chi connectivity index (χ2v) is 5.47. The first-order chi connectivity index (χ1) is 9.83. The summed E-state index contributed by atoms with van der Waals surface area (Å²) in [4.78, 5) is 7.03. The van der Waals surface area contributed by atoms with Gasteiger partial charge in [-0.15, -0.1) is 0 Å². The highest BCUT2D eigenvalue weighted by molar-refractivity contribution is 5.59. The number of imidazole rings is 1. The predicted molar refractivity (Wildman–Crippen MR) is 82.4 cm³/mol. The van der Waals surface area contributed by atoms with Crippen LogP contribution in [0.2, 0.25) is 0 Å². The third kappa shape index (κ3) is 3.02. The van der Waals surface area contributed by atoms with Gasteiger partial charge in [-0.05, 0) is 63.2 Å². The van der Waals surface area contributed by atoms with Crippen LogP contribution in [0.25, 0.3) is 11.4 Å². The smallest absolute Gasteiger partial charge is 0.139 e. The van der Waals surface area contributed by atoms with E-state index in [9.17, 15) is 0 Å². The highest BCUT2D eigenvalue weighted by Gasteiger charge is 2.11. The van der Waals surface area contributed by atoms with Crippen LogP contribution in [-0.4, -0.2) is 34.1 Å². The van der Waals surface area contributed by atoms with E-state index < -0.39 is 0 Å². The molecule has 3 rings (SSSR count). The van der Waals surface area contributed by atoms with Gasteiger partial charge in [-0.3, -0.25) is 0 Å². The van der Waals surface area contributed by atoms with E-state index in [1.807, 2.05) is 30.5 Å². The molecule has 0 unspecified atom stereocenters. The van der Waals surface area contributed by atoms with Crippen LogP contribution < -0.4 is 5.73 Å². The molecule has 1 aromatic carbocycles. The van der Waals surface area contributed by atoms with Gasteiger partial charge in [0.2, 0.25) is 0 Å². The second kappa shape index (κ2) is 6.09. The number of aryl methyl sites for hydroxylation is 1. The summed E-state index contributed by atoms with van der Waals surface area (Å²) in [5, 5.41) is 0. The molecule has 0 aliphatic carbocycles. The van der Waals surface area contributed by atoms with Crippen LogP contribution in [0.3, 0.4) is 0 Å². The molecular formula is C16H22N4. The molecule has 0 atom stereocenters. The van der Waals surface area contributed by atoms with Crippen molar-refractivity contribution >= 4 is 5.69 Å². The van der Waals surface area contributed by atoms with E-state index in [0.717, 1.165) is 23.6 Å². The van der Waals surface area contributed by atoms with Crippen LogP contribution in [0.5, 0.6) is 0 Å². The molecule has 2 heterocycles. The Kier molecular flexibility index (Phi) is 4.02. The van der Waals surface area contributed by atoms with Gasteiger partial charge in [0.05, 0.1) is 0 Å². The van der Waals surface area contributed by atoms with E-state index in [1.165, 1.54) is 38.9 Å². The van der Waals surface area contributed by atoms with E-state index in [4.69, 9.17) is 5.73 Å². The molecule has 1 saturated heterocycles. The Labute approximate surface area is 120 Å². The minimum absolute atomic E-state index is 0.792. The first-order valence-corrected chi connectivity index (χ1v) is 7.42. The summed E-state index contributed by atoms with van der Waals surface area (Å²) in [5.74, 6) is 1.03. The molecule has 1 aromatic heterocycles. The fourth-order valence-electron chi connectivity index (χ4n) is 2.85. The average molecular weight is 270 g/mol. The minimum atomic E-state index is 0.792. The van der Waals surface area contributed by atoms with Gasteiger partial charge in [0.15, 0.2) is 0 Å². The molecule has 2 aromatic rings. The zero-order valence-electron chi connectivity index (χ0n) is 11.8. The summed E-state index contributed by atoms with van der Waals surface area (Å²) >= 11 is 0. The van der Waals surface area contributed by atoms with Crippen LogP contribution in [0.4, 0.5) is 5.69 Å². The Morgan fingerprint density at radius 2 is 1.80 bits per heavy atom. The quantitative estimate of drug-likeness (QED) is 0.850. The van der Waals surface area contributed by atoms with Crippen LogP contribution >= 0.6 is 0 Å². The van der Waals surface area contributed by atoms with E-state index in [2.05, 4.69) is 20.6 Å². The van der Waals surface area contributed by atoms with Crippen molar-refractivity contribution in [1.82, 2.24) is 14.5 Å². The summed E-state index contributed by atoms with van der Waals surface area (Å²) in [7, 11) is 0. The Bertz CT molecular complexity index is 538. The van der Waals surface area contributed by atoms with Gasteiger partial charge in [-0.1, -0.05) is 0 Å². The zero-order chi connectivity index (χ0) is 13.8. The fourth-order valence-corrected chi connectivity index (χ4v) is 2.85. The maximum absolute atomic E-state index is 5.74. The molecule has 0 radical (unpaired) electrons. The second-order valence-electron chi connectivity index (χ2n) is 5.47. The Morgan fingerprint density at radius 1 is 1.05 bits per heavy atom. The van der Waals surface area contributed by atoms with Gasteiger partial charge in [0.1, 0.15) is 5.82 Å². The van der Waals surface area contributed by atoms with Crippen LogP contribution in [0.15, 0.2) is 36.7 Å². The number of hydrogen-bond acceptors (Lipinski definition) is 3. The monoisotopic (exact) mass is 270 g/mol. The van der Waals surface area contributed by atoms with Crippen molar-refractivity contribution in [3.05, 3.63) is 36.7 Å². The molecular weight excluding hydrogens is 248 g/mol. The number of rotatable bonds is 5. The lowest BCUT2D eigenvalue weighted by atomic mass is 10.2. The number of benzene rings is 1. The maximum atomic E-state index is 5.74. The molecule has 20 heavy (non-hydrogen) atoms. The molecule has 0 bridgehead atoms. The largest absolute Gasteiger partial charge is 0.399 e. The molecule has 4 nitrogen and oxygen atoms in total. The molecule has 106 valence electrons. The zero-order valence-corrected chi connectivity index (χ0v) is 11.8. The van der Waals surface area contributed by atoms with E-state index in [-0.39, 0.29) is 0 Å². The SMILES string of the molecule is Nc1ccc(-c2nccn2CCCN2CCCC2)cc1. The van der Waals surface area contributed by atoms with Gasteiger partial charge in [0.25, 0.3) is 0 Å². The number of nitrogens with zero attached hydrogens (tertiary/aromatic N) is 3. The molecule has 1 aliphatic heterocycles. The van der Waals surface area contributed by atoms with E-state index in [1.54, 1.807) is 0 Å². The van der Waals surface area contributed by atoms with Crippen LogP contribution in [0.1, 0.15) is 19.3 Å². The highest BCUT2D eigenvalue weighted by atomic mass is 15.1. The highest BCUT2D eigenvalue weighted by Crippen LogP contribution is 2.19. The molecule has 2 N–H and O–H groups in total. The number of aromatic nitrogens is 2. The summed E-state index contributed by atoms with van der Waals surface area (Å²) < 4.78 is 2.24. The van der Waals surface area contributed by atoms with Crippen molar-refractivity contribution in [3.63, 3.8) is 0 Å². The molecule has 0 spiro atoms. The van der Waals surface area contributed by atoms with Crippen LogP contribution in [-0.2, 0) is 6.54 Å². The Hall–Kier alpha value is -1.81. The van der Waals surface area contributed by atoms with Crippen molar-refractivity contribution in [2.75, 3.05) is 25.4 Å². The third-order valence-corrected chi connectivity index (χ3v) is 3.96. The van der Waals surface area contributed by atoms with Crippen molar-refractivity contribution in [2.45, 2.75) is 25.8 Å². The van der Waals surface area contributed by atoms with Gasteiger partial charge >= 0.3 is 0 Å². The van der Waals surface area contributed by atoms with Crippen molar-refractivity contribution < 1.29 is 0 Å². The normalized spacial score (nSPS) is 15.8. The first kappa shape index (κ1) is 13.2. The fraction of sp³-hybridized carbons (Fsp3) is 0.438. The Morgan fingerprint density at radius 3 is 2.55 bits per heavy atom. The lowest BCUT2D eigenvalue weighted by Crippen LogP contribution is -2.21. The standard InChI is InChI=1S/C16H22N4/c17-15-6-4-14(5-7-15)16-18-8-13-20(16)12-3-11-19-9-1-2-10-19/h4-8,13H,1-3,9-12,17H2. The number of nitrogen functional groups attached to an aromatic ring is 1. The first-order valence-electron chi connectivity index (χ1n) is 7.42. The number of hydrogen-bond donors (Lipinski definition) is 1. The average Bonchev–Trinajstić information content (AvgIpc) is 3.11.